The normalized spacial score (nSPS) is 13.3. The van der Waals surface area contributed by atoms with E-state index in [0.29, 0.717) is 11.0 Å². The lowest BCUT2D eigenvalue weighted by molar-refractivity contribution is 0.338. The van der Waals surface area contributed by atoms with Crippen LogP contribution in [0.25, 0.3) is 0 Å². The molecule has 0 aromatic heterocycles. The van der Waals surface area contributed by atoms with E-state index in [9.17, 15) is 0 Å². The van der Waals surface area contributed by atoms with Gasteiger partial charge >= 0.3 is 0 Å². The smallest absolute Gasteiger partial charge is 0.0122 e. The molecule has 0 unspecified atom stereocenters. The Hall–Kier alpha value is -0.0400. The highest BCUT2D eigenvalue weighted by molar-refractivity contribution is 4.74. The minimum Gasteiger partial charge on any atom is -0.312 e. The minimum atomic E-state index is 0.321. The van der Waals surface area contributed by atoms with Crippen LogP contribution in [0, 0.1) is 5.41 Å². The van der Waals surface area contributed by atoms with E-state index < -0.39 is 0 Å². The quantitative estimate of drug-likeness (QED) is 0.638. The molecule has 0 heterocycles. The Morgan fingerprint density at radius 3 is 1.93 bits per heavy atom. The third kappa shape index (κ3) is 8.55. The van der Waals surface area contributed by atoms with Crippen molar-refractivity contribution in [2.75, 3.05) is 6.54 Å². The summed E-state index contributed by atoms with van der Waals surface area (Å²) in [6.07, 6.45) is 5.19. The Balaban J connectivity index is 3.39. The summed E-state index contributed by atoms with van der Waals surface area (Å²) in [5.74, 6) is 0. The molecule has 0 aromatic rings. The molecule has 14 heavy (non-hydrogen) atoms. The van der Waals surface area contributed by atoms with Gasteiger partial charge in [-0.3, -0.25) is 0 Å². The Kier molecular flexibility index (Phi) is 5.73. The van der Waals surface area contributed by atoms with Crippen molar-refractivity contribution in [1.29, 1.82) is 0 Å². The van der Waals surface area contributed by atoms with Crippen molar-refractivity contribution in [3.05, 3.63) is 0 Å². The van der Waals surface area contributed by atoms with Crippen molar-refractivity contribution in [2.45, 2.75) is 72.8 Å². The molecule has 86 valence electrons. The number of nitrogens with one attached hydrogen (secondary N) is 1. The number of unbranched alkanes of at least 4 members (excludes halogenated alkanes) is 1. The summed E-state index contributed by atoms with van der Waals surface area (Å²) in [7, 11) is 0. The lowest BCUT2D eigenvalue weighted by Gasteiger charge is -2.25. The molecule has 0 saturated carbocycles. The van der Waals surface area contributed by atoms with Crippen LogP contribution >= 0.6 is 0 Å². The number of hydrogen-bond acceptors (Lipinski definition) is 1. The summed E-state index contributed by atoms with van der Waals surface area (Å²) in [4.78, 5) is 0. The van der Waals surface area contributed by atoms with Gasteiger partial charge in [-0.2, -0.15) is 0 Å². The van der Waals surface area contributed by atoms with E-state index in [0.717, 1.165) is 6.54 Å². The van der Waals surface area contributed by atoms with Crippen LogP contribution in [0.5, 0.6) is 0 Å². The average Bonchev–Trinajstić information content (AvgIpc) is 2.01. The first-order chi connectivity index (χ1) is 6.27. The molecule has 0 fully saturated rings. The van der Waals surface area contributed by atoms with Crippen LogP contribution in [0.2, 0.25) is 0 Å². The maximum atomic E-state index is 3.59. The maximum absolute atomic E-state index is 3.59. The van der Waals surface area contributed by atoms with E-state index in [-0.39, 0.29) is 0 Å². The Labute approximate surface area is 90.7 Å². The second kappa shape index (κ2) is 5.75. The van der Waals surface area contributed by atoms with Crippen molar-refractivity contribution >= 4 is 0 Å². The van der Waals surface area contributed by atoms with E-state index >= 15 is 0 Å². The van der Waals surface area contributed by atoms with E-state index in [1.807, 2.05) is 0 Å². The average molecular weight is 199 g/mol. The van der Waals surface area contributed by atoms with Gasteiger partial charge in [-0.05, 0) is 45.1 Å². The lowest BCUT2D eigenvalue weighted by Crippen LogP contribution is -2.39. The predicted octanol–water partition coefficient (Wildman–Crippen LogP) is 3.98. The van der Waals surface area contributed by atoms with Gasteiger partial charge in [0, 0.05) is 5.54 Å². The molecule has 0 radical (unpaired) electrons. The molecule has 1 N–H and O–H groups in total. The summed E-state index contributed by atoms with van der Waals surface area (Å²) < 4.78 is 0. The third-order valence-electron chi connectivity index (χ3n) is 2.84. The van der Waals surface area contributed by atoms with E-state index in [1.54, 1.807) is 0 Å². The van der Waals surface area contributed by atoms with Gasteiger partial charge in [0.2, 0.25) is 0 Å². The van der Waals surface area contributed by atoms with Gasteiger partial charge in [0.05, 0.1) is 0 Å². The van der Waals surface area contributed by atoms with Gasteiger partial charge in [0.1, 0.15) is 0 Å². The lowest BCUT2D eigenvalue weighted by atomic mass is 9.90. The Morgan fingerprint density at radius 2 is 1.50 bits per heavy atom. The van der Waals surface area contributed by atoms with Crippen LogP contribution in [0.15, 0.2) is 0 Å². The second-order valence-electron chi connectivity index (χ2n) is 6.18. The largest absolute Gasteiger partial charge is 0.312 e. The second-order valence-corrected chi connectivity index (χ2v) is 6.18. The van der Waals surface area contributed by atoms with Gasteiger partial charge < -0.3 is 5.32 Å². The molecule has 0 aliphatic rings. The first kappa shape index (κ1) is 14.0. The highest BCUT2D eigenvalue weighted by Gasteiger charge is 2.13. The molecular formula is C13H29N. The molecule has 0 bridgehead atoms. The van der Waals surface area contributed by atoms with Gasteiger partial charge in [0.15, 0.2) is 0 Å². The zero-order chi connectivity index (χ0) is 11.2. The van der Waals surface area contributed by atoms with Crippen LogP contribution in [-0.2, 0) is 0 Å². The zero-order valence-corrected chi connectivity index (χ0v) is 11.0. The van der Waals surface area contributed by atoms with Gasteiger partial charge in [-0.25, -0.2) is 0 Å². The van der Waals surface area contributed by atoms with Crippen molar-refractivity contribution < 1.29 is 0 Å². The molecule has 0 saturated heterocycles. The molecule has 0 aliphatic carbocycles. The molecule has 0 amide bonds. The fourth-order valence-corrected chi connectivity index (χ4v) is 1.33. The summed E-state index contributed by atoms with van der Waals surface area (Å²) in [5, 5.41) is 3.59. The highest BCUT2D eigenvalue weighted by atomic mass is 14.9. The molecule has 0 rings (SSSR count). The molecule has 1 nitrogen and oxygen atoms in total. The summed E-state index contributed by atoms with van der Waals surface area (Å²) in [6, 6.07) is 0. The van der Waals surface area contributed by atoms with E-state index in [2.05, 4.69) is 46.9 Å². The van der Waals surface area contributed by atoms with Crippen molar-refractivity contribution in [2.24, 2.45) is 5.41 Å². The highest BCUT2D eigenvalue weighted by Crippen LogP contribution is 2.21. The Morgan fingerprint density at radius 1 is 0.929 bits per heavy atom. The monoisotopic (exact) mass is 199 g/mol. The van der Waals surface area contributed by atoms with Crippen LogP contribution in [0.3, 0.4) is 0 Å². The maximum Gasteiger partial charge on any atom is 0.0122 e. The van der Waals surface area contributed by atoms with Crippen molar-refractivity contribution in [1.82, 2.24) is 5.32 Å². The zero-order valence-electron chi connectivity index (χ0n) is 11.0. The molecular weight excluding hydrogens is 170 g/mol. The molecule has 0 aliphatic heterocycles. The fourth-order valence-electron chi connectivity index (χ4n) is 1.33. The SMILES string of the molecule is CCC(C)(C)NCCCCC(C)(C)C. The molecule has 0 atom stereocenters. The van der Waals surface area contributed by atoms with E-state index in [1.165, 1.54) is 25.7 Å². The topological polar surface area (TPSA) is 12.0 Å². The standard InChI is InChI=1S/C13H29N/c1-7-13(5,6)14-11-9-8-10-12(2,3)4/h14H,7-11H2,1-6H3. The third-order valence-corrected chi connectivity index (χ3v) is 2.84. The summed E-state index contributed by atoms with van der Waals surface area (Å²) in [5.41, 5.74) is 0.821. The van der Waals surface area contributed by atoms with Gasteiger partial charge in [-0.1, -0.05) is 34.1 Å². The van der Waals surface area contributed by atoms with Crippen LogP contribution in [-0.4, -0.2) is 12.1 Å². The molecule has 0 spiro atoms. The van der Waals surface area contributed by atoms with Gasteiger partial charge in [-0.15, -0.1) is 0 Å². The summed E-state index contributed by atoms with van der Waals surface area (Å²) >= 11 is 0. The van der Waals surface area contributed by atoms with E-state index in [4.69, 9.17) is 0 Å². The minimum absolute atomic E-state index is 0.321. The van der Waals surface area contributed by atoms with Gasteiger partial charge in [0.25, 0.3) is 0 Å². The number of hydrogen-bond donors (Lipinski definition) is 1. The summed E-state index contributed by atoms with van der Waals surface area (Å²) in [6.45, 7) is 14.9. The van der Waals surface area contributed by atoms with Crippen LogP contribution < -0.4 is 5.32 Å². The number of rotatable bonds is 6. The van der Waals surface area contributed by atoms with Crippen LogP contribution in [0.1, 0.15) is 67.2 Å². The molecule has 1 heteroatoms. The first-order valence-electron chi connectivity index (χ1n) is 6.02. The Bertz CT molecular complexity index is 142. The first-order valence-corrected chi connectivity index (χ1v) is 6.02. The van der Waals surface area contributed by atoms with Crippen LogP contribution in [0.4, 0.5) is 0 Å². The fraction of sp³-hybridized carbons (Fsp3) is 1.00. The van der Waals surface area contributed by atoms with Crippen molar-refractivity contribution in [3.63, 3.8) is 0 Å². The van der Waals surface area contributed by atoms with Crippen molar-refractivity contribution in [3.8, 4) is 0 Å². The predicted molar refractivity (Wildman–Crippen MR) is 65.7 cm³/mol. The molecule has 0 aromatic carbocycles.